The van der Waals surface area contributed by atoms with Gasteiger partial charge in [0.1, 0.15) is 0 Å². The Kier molecular flexibility index (Phi) is 4.33. The monoisotopic (exact) mass is 894 g/mol. The maximum atomic E-state index is 2.58. The summed E-state index contributed by atoms with van der Waals surface area (Å²) in [4.78, 5) is 0. The van der Waals surface area contributed by atoms with Crippen LogP contribution in [-0.2, 0) is 0 Å². The second-order valence-corrected chi connectivity index (χ2v) is 22.7. The van der Waals surface area contributed by atoms with E-state index in [1.165, 1.54) is 259 Å². The predicted octanol–water partition coefficient (Wildman–Crippen LogP) is 21.6. The number of hydrogen-bond acceptors (Lipinski definition) is 0. The van der Waals surface area contributed by atoms with E-state index < -0.39 is 0 Å². The lowest BCUT2D eigenvalue weighted by Gasteiger charge is -2.34. The van der Waals surface area contributed by atoms with E-state index in [-0.39, 0.29) is 14.9 Å². The SMILES string of the molecule is C.C.c1cc2cc3cc4cc5ccc6cc7cc8cc9cccc%10cc%11cc%12cc%13ccc%14cc%15cc%16cc(c1)c2c1c3c2c4c3c5c6c4c7c5c8c(c9%10)c%11c6c%12c7c%13c%14c8c%15c(c%161)c2c1c3c4c(c56)c7c81. The summed E-state index contributed by atoms with van der Waals surface area (Å²) < 4.78 is 0. The number of rotatable bonds is 0. The molecule has 25 aromatic carbocycles. The van der Waals surface area contributed by atoms with E-state index in [9.17, 15) is 0 Å². The van der Waals surface area contributed by atoms with Gasteiger partial charge in [0.25, 0.3) is 0 Å². The van der Waals surface area contributed by atoms with Gasteiger partial charge in [-0.3, -0.25) is 0 Å². The van der Waals surface area contributed by atoms with Crippen LogP contribution in [0.15, 0.2) is 133 Å². The molecule has 0 spiro atoms. The third-order valence-electron chi connectivity index (χ3n) is 20.3. The number of benzene rings is 25. The summed E-state index contributed by atoms with van der Waals surface area (Å²) in [5.74, 6) is 0. The van der Waals surface area contributed by atoms with Crippen molar-refractivity contribution in [2.75, 3.05) is 0 Å². The Bertz CT molecular complexity index is 5910. The molecule has 0 bridgehead atoms. The van der Waals surface area contributed by atoms with E-state index in [0.29, 0.717) is 0 Å². The minimum absolute atomic E-state index is 0. The Balaban J connectivity index is 0.00000184. The Morgan fingerprint density at radius 1 is 0.111 bits per heavy atom. The first kappa shape index (κ1) is 33.4. The summed E-state index contributed by atoms with van der Waals surface area (Å²) >= 11 is 0. The maximum absolute atomic E-state index is 2.58. The number of hydrogen-bond donors (Lipinski definition) is 0. The Labute approximate surface area is 404 Å². The van der Waals surface area contributed by atoms with Gasteiger partial charge in [0.2, 0.25) is 0 Å². The van der Waals surface area contributed by atoms with Crippen LogP contribution >= 0.6 is 0 Å². The van der Waals surface area contributed by atoms with Crippen LogP contribution in [0.4, 0.5) is 0 Å². The van der Waals surface area contributed by atoms with E-state index in [1.807, 2.05) is 0 Å². The summed E-state index contributed by atoms with van der Waals surface area (Å²) in [6.45, 7) is 0. The zero-order valence-electron chi connectivity index (χ0n) is 36.7. The second kappa shape index (κ2) is 9.33. The van der Waals surface area contributed by atoms with E-state index >= 15 is 0 Å². The highest BCUT2D eigenvalue weighted by atomic mass is 14.4. The molecular weight excluding hydrogens is 865 g/mol. The van der Waals surface area contributed by atoms with Crippen LogP contribution in [-0.4, -0.2) is 0 Å². The summed E-state index contributed by atoms with van der Waals surface area (Å²) in [5.41, 5.74) is 0. The molecule has 0 heterocycles. The van der Waals surface area contributed by atoms with Gasteiger partial charge in [0.15, 0.2) is 0 Å². The van der Waals surface area contributed by atoms with Crippen molar-refractivity contribution < 1.29 is 0 Å². The van der Waals surface area contributed by atoms with E-state index in [1.54, 1.807) is 0 Å². The maximum Gasteiger partial charge on any atom is -0.0000000465 e. The highest BCUT2D eigenvalue weighted by Gasteiger charge is 2.38. The van der Waals surface area contributed by atoms with Crippen molar-refractivity contribution >= 4 is 259 Å². The molecule has 72 heavy (non-hydrogen) atoms. The molecular formula is C72H30. The van der Waals surface area contributed by atoms with Crippen LogP contribution in [0.3, 0.4) is 0 Å². The van der Waals surface area contributed by atoms with Crippen LogP contribution in [0.5, 0.6) is 0 Å². The third kappa shape index (κ3) is 2.69. The van der Waals surface area contributed by atoms with Gasteiger partial charge in [-0.2, -0.15) is 0 Å². The minimum Gasteiger partial charge on any atom is -0.0776 e. The first-order valence-corrected chi connectivity index (χ1v) is 25.2. The summed E-state index contributed by atoms with van der Waals surface area (Å²) in [6, 6.07) is 54.7. The van der Waals surface area contributed by atoms with Gasteiger partial charge in [-0.25, -0.2) is 0 Å². The third-order valence-corrected chi connectivity index (χ3v) is 20.3. The molecule has 0 aromatic heterocycles. The van der Waals surface area contributed by atoms with E-state index in [2.05, 4.69) is 133 Å². The van der Waals surface area contributed by atoms with Gasteiger partial charge >= 0.3 is 0 Å². The summed E-state index contributed by atoms with van der Waals surface area (Å²) in [5, 5.41) is 69.3. The fraction of sp³-hybridized carbons (Fsp3) is 0.0278. The normalized spacial score (nSPS) is 14.4. The lowest BCUT2D eigenvalue weighted by Crippen LogP contribution is -2.05. The largest absolute Gasteiger partial charge is 0.0776 e. The molecule has 318 valence electrons. The minimum atomic E-state index is 0. The van der Waals surface area contributed by atoms with Gasteiger partial charge < -0.3 is 0 Å². The lowest BCUT2D eigenvalue weighted by atomic mass is 9.68. The molecule has 0 aliphatic rings. The standard InChI is InChI=1S/C70H22.2CH4/c1-3-23-11-31-19-35-15-27-7-9-29-17-37-21-33-13-25-5-2-6-26-14-34-22-38-18-30-10-8-28-16-36-20-32-12-24(4-1)39(23)53-45(31)59-49(35)55-41(27)43(29)57-51(37)61-47(33)54(40(25)26)48(34)62-52(38)58-44(30)42(28)56-50(36)60(46(32)53)63(59)69-65(55)67(57)70(64(61)62)68(58)66(56)69;;/h1-22H;2*1H4. The fourth-order valence-corrected chi connectivity index (χ4v) is 18.6. The zero-order chi connectivity index (χ0) is 43.3. The van der Waals surface area contributed by atoms with Crippen LogP contribution < -0.4 is 0 Å². The van der Waals surface area contributed by atoms with Gasteiger partial charge in [-0.1, -0.05) is 75.5 Å². The molecule has 0 fully saturated rings. The quantitative estimate of drug-likeness (QED) is 0.105. The molecule has 0 saturated carbocycles. The molecule has 0 atom stereocenters. The van der Waals surface area contributed by atoms with Crippen molar-refractivity contribution in [2.24, 2.45) is 0 Å². The Morgan fingerprint density at radius 2 is 0.236 bits per heavy atom. The zero-order valence-corrected chi connectivity index (χ0v) is 36.7. The van der Waals surface area contributed by atoms with Crippen LogP contribution in [0.1, 0.15) is 14.9 Å². The van der Waals surface area contributed by atoms with Crippen molar-refractivity contribution in [2.45, 2.75) is 14.9 Å². The predicted molar refractivity (Wildman–Crippen MR) is 319 cm³/mol. The fourth-order valence-electron chi connectivity index (χ4n) is 18.6. The Morgan fingerprint density at radius 3 is 0.431 bits per heavy atom. The molecule has 0 heteroatoms. The molecule has 0 N–H and O–H groups in total. The molecule has 0 amide bonds. The van der Waals surface area contributed by atoms with Gasteiger partial charge in [0.05, 0.1) is 0 Å². The van der Waals surface area contributed by atoms with Crippen molar-refractivity contribution in [3.05, 3.63) is 133 Å². The summed E-state index contributed by atoms with van der Waals surface area (Å²) in [7, 11) is 0. The van der Waals surface area contributed by atoms with Crippen molar-refractivity contribution in [1.82, 2.24) is 0 Å². The van der Waals surface area contributed by atoms with Crippen molar-refractivity contribution in [1.29, 1.82) is 0 Å². The molecule has 0 radical (unpaired) electrons. The van der Waals surface area contributed by atoms with Crippen LogP contribution in [0.25, 0.3) is 259 Å². The van der Waals surface area contributed by atoms with E-state index in [0.717, 1.165) is 0 Å². The molecule has 25 rings (SSSR count). The molecule has 0 aliphatic carbocycles. The molecule has 0 aliphatic heterocycles. The van der Waals surface area contributed by atoms with Crippen LogP contribution in [0, 0.1) is 0 Å². The lowest BCUT2D eigenvalue weighted by molar-refractivity contribution is 1.83. The van der Waals surface area contributed by atoms with Crippen molar-refractivity contribution in [3.8, 4) is 0 Å². The molecule has 0 saturated heterocycles. The highest BCUT2D eigenvalue weighted by Crippen LogP contribution is 2.68. The second-order valence-electron chi connectivity index (χ2n) is 22.7. The average molecular weight is 895 g/mol. The topological polar surface area (TPSA) is 0 Å². The molecule has 25 aromatic rings. The first-order valence-electron chi connectivity index (χ1n) is 25.2. The highest BCUT2D eigenvalue weighted by molar-refractivity contribution is 6.70. The van der Waals surface area contributed by atoms with Crippen LogP contribution in [0.2, 0.25) is 0 Å². The van der Waals surface area contributed by atoms with E-state index in [4.69, 9.17) is 0 Å². The first-order chi connectivity index (χ1) is 34.7. The van der Waals surface area contributed by atoms with Gasteiger partial charge in [-0.05, 0) is 331 Å². The average Bonchev–Trinajstić information content (AvgIpc) is 3.38. The van der Waals surface area contributed by atoms with Gasteiger partial charge in [-0.15, -0.1) is 0 Å². The molecule has 0 unspecified atom stereocenters. The Hall–Kier alpha value is -9.10. The molecule has 0 nitrogen and oxygen atoms in total. The summed E-state index contributed by atoms with van der Waals surface area (Å²) in [6.07, 6.45) is 0. The van der Waals surface area contributed by atoms with Gasteiger partial charge in [0, 0.05) is 0 Å². The smallest absolute Gasteiger partial charge is 0.0000000465 e. The van der Waals surface area contributed by atoms with Crippen molar-refractivity contribution in [3.63, 3.8) is 0 Å².